The Morgan fingerprint density at radius 1 is 1.26 bits per heavy atom. The van der Waals surface area contributed by atoms with E-state index in [0.29, 0.717) is 46.0 Å². The molecular weight excluding hydrogens is 477 g/mol. The van der Waals surface area contributed by atoms with Crippen molar-refractivity contribution >= 4 is 57.9 Å². The van der Waals surface area contributed by atoms with E-state index >= 15 is 0 Å². The second kappa shape index (κ2) is 9.29. The van der Waals surface area contributed by atoms with Crippen molar-refractivity contribution in [2.75, 3.05) is 18.0 Å². The lowest BCUT2D eigenvalue weighted by molar-refractivity contribution is 0.0697. The lowest BCUT2D eigenvalue weighted by Crippen LogP contribution is -2.44. The van der Waals surface area contributed by atoms with Crippen LogP contribution in [0.25, 0.3) is 21.9 Å². The van der Waals surface area contributed by atoms with Gasteiger partial charge in [0.1, 0.15) is 11.0 Å². The van der Waals surface area contributed by atoms with Gasteiger partial charge in [0.15, 0.2) is 0 Å². The van der Waals surface area contributed by atoms with Crippen molar-refractivity contribution in [1.82, 2.24) is 14.1 Å². The Kier molecular flexibility index (Phi) is 6.58. The molecule has 3 N–H and O–H groups in total. The summed E-state index contributed by atoms with van der Waals surface area (Å²) in [6, 6.07) is 12.3. The van der Waals surface area contributed by atoms with E-state index in [1.165, 1.54) is 6.07 Å². The molecule has 0 unspecified atom stereocenters. The molecule has 34 heavy (non-hydrogen) atoms. The van der Waals surface area contributed by atoms with E-state index in [1.54, 1.807) is 23.7 Å². The van der Waals surface area contributed by atoms with Crippen molar-refractivity contribution in [2.45, 2.75) is 25.4 Å². The number of carbonyl (C=O) groups is 1. The Morgan fingerprint density at radius 3 is 2.76 bits per heavy atom. The molecule has 1 aliphatic heterocycles. The van der Waals surface area contributed by atoms with Gasteiger partial charge in [0.05, 0.1) is 17.6 Å². The number of fused-ring (bicyclic) bond motifs is 3. The van der Waals surface area contributed by atoms with E-state index in [1.807, 2.05) is 28.8 Å². The van der Waals surface area contributed by atoms with Gasteiger partial charge in [-0.05, 0) is 48.7 Å². The summed E-state index contributed by atoms with van der Waals surface area (Å²) in [6.45, 7) is 1.82. The van der Waals surface area contributed by atoms with Crippen LogP contribution in [0.15, 0.2) is 47.3 Å². The Labute approximate surface area is 207 Å². The first kappa shape index (κ1) is 24.1. The summed E-state index contributed by atoms with van der Waals surface area (Å²) in [4.78, 5) is 32.2. The molecule has 4 aromatic rings. The maximum absolute atomic E-state index is 13.5. The predicted molar refractivity (Wildman–Crippen MR) is 137 cm³/mol. The van der Waals surface area contributed by atoms with Crippen LogP contribution in [0.1, 0.15) is 28.8 Å². The van der Waals surface area contributed by atoms with E-state index in [-0.39, 0.29) is 29.6 Å². The van der Waals surface area contributed by atoms with Crippen molar-refractivity contribution in [1.29, 1.82) is 0 Å². The lowest BCUT2D eigenvalue weighted by atomic mass is 10.1. The van der Waals surface area contributed by atoms with Gasteiger partial charge in [0.2, 0.25) is 5.95 Å². The summed E-state index contributed by atoms with van der Waals surface area (Å²) in [5.74, 6) is -0.370. The minimum atomic E-state index is -1.03. The van der Waals surface area contributed by atoms with Gasteiger partial charge in [0, 0.05) is 36.6 Å². The third kappa shape index (κ3) is 4.13. The molecule has 1 aliphatic rings. The van der Waals surface area contributed by atoms with Gasteiger partial charge in [-0.2, -0.15) is 0 Å². The van der Waals surface area contributed by atoms with Gasteiger partial charge in [-0.15, -0.1) is 12.4 Å². The molecule has 0 spiro atoms. The fraction of sp³-hybridized carbons (Fsp3) is 0.292. The third-order valence-electron chi connectivity index (χ3n) is 6.29. The minimum Gasteiger partial charge on any atom is -0.478 e. The SMILES string of the molecule is Cl.Cn1c(=O)c2c(nc(N3CCC[C@@H](N)C3)n2Cc2cccc(Cl)c2)c2cc(C(=O)O)ccc21. The molecular formula is C24H25Cl2N5O3. The molecule has 5 rings (SSSR count). The summed E-state index contributed by atoms with van der Waals surface area (Å²) in [5.41, 5.74) is 8.70. The number of aromatic carboxylic acids is 1. The first-order valence-corrected chi connectivity index (χ1v) is 11.2. The number of imidazole rings is 1. The number of hydrogen-bond acceptors (Lipinski definition) is 5. The molecule has 0 radical (unpaired) electrons. The maximum atomic E-state index is 13.5. The molecule has 178 valence electrons. The second-order valence-electron chi connectivity index (χ2n) is 8.57. The van der Waals surface area contributed by atoms with E-state index in [2.05, 4.69) is 4.90 Å². The first-order valence-electron chi connectivity index (χ1n) is 10.8. The summed E-state index contributed by atoms with van der Waals surface area (Å²) >= 11 is 6.22. The van der Waals surface area contributed by atoms with Crippen molar-refractivity contribution in [3.8, 4) is 0 Å². The number of aryl methyl sites for hydroxylation is 1. The molecule has 0 bridgehead atoms. The Bertz CT molecular complexity index is 1460. The highest BCUT2D eigenvalue weighted by Crippen LogP contribution is 2.30. The molecule has 10 heteroatoms. The standard InChI is InChI=1S/C24H24ClN5O3.ClH/c1-28-19-8-7-15(23(32)33)11-18(19)20-21(22(28)31)30(12-14-4-2-5-16(25)10-14)24(27-20)29-9-3-6-17(26)13-29;/h2,4-5,7-8,10-11,17H,3,6,9,12-13,26H2,1H3,(H,32,33);1H/t17-;/m1./s1. The van der Waals surface area contributed by atoms with Gasteiger partial charge in [-0.25, -0.2) is 9.78 Å². The summed E-state index contributed by atoms with van der Waals surface area (Å²) < 4.78 is 3.46. The number of nitrogens with zero attached hydrogens (tertiary/aromatic N) is 4. The average Bonchev–Trinajstić information content (AvgIpc) is 3.16. The van der Waals surface area contributed by atoms with Crippen LogP contribution in [0, 0.1) is 0 Å². The lowest BCUT2D eigenvalue weighted by Gasteiger charge is -2.32. The van der Waals surface area contributed by atoms with Crippen LogP contribution < -0.4 is 16.2 Å². The number of hydrogen-bond donors (Lipinski definition) is 2. The zero-order valence-corrected chi connectivity index (χ0v) is 20.1. The number of carboxylic acids is 1. The molecule has 2 aromatic heterocycles. The topological polar surface area (TPSA) is 106 Å². The molecule has 1 saturated heterocycles. The predicted octanol–water partition coefficient (Wildman–Crippen LogP) is 3.64. The van der Waals surface area contributed by atoms with E-state index < -0.39 is 5.97 Å². The summed E-state index contributed by atoms with van der Waals surface area (Å²) in [6.07, 6.45) is 1.88. The molecule has 2 aromatic carbocycles. The van der Waals surface area contributed by atoms with Crippen LogP contribution in [-0.4, -0.2) is 44.3 Å². The third-order valence-corrected chi connectivity index (χ3v) is 6.52. The van der Waals surface area contributed by atoms with Crippen LogP contribution in [0.3, 0.4) is 0 Å². The van der Waals surface area contributed by atoms with Crippen molar-refractivity contribution in [2.24, 2.45) is 12.8 Å². The molecule has 1 atom stereocenters. The number of pyridine rings is 1. The van der Waals surface area contributed by atoms with E-state index in [0.717, 1.165) is 24.9 Å². The van der Waals surface area contributed by atoms with E-state index in [4.69, 9.17) is 22.3 Å². The van der Waals surface area contributed by atoms with Gasteiger partial charge < -0.3 is 24.9 Å². The number of carboxylic acid groups (broad SMARTS) is 1. The zero-order chi connectivity index (χ0) is 23.3. The number of benzene rings is 2. The minimum absolute atomic E-state index is 0. The van der Waals surface area contributed by atoms with Crippen LogP contribution in [0.2, 0.25) is 5.02 Å². The molecule has 0 saturated carbocycles. The van der Waals surface area contributed by atoms with Gasteiger partial charge in [-0.3, -0.25) is 4.79 Å². The molecule has 3 heterocycles. The number of rotatable bonds is 4. The van der Waals surface area contributed by atoms with Crippen molar-refractivity contribution in [3.63, 3.8) is 0 Å². The maximum Gasteiger partial charge on any atom is 0.335 e. The van der Waals surface area contributed by atoms with Gasteiger partial charge in [0.25, 0.3) is 5.56 Å². The van der Waals surface area contributed by atoms with Crippen molar-refractivity contribution < 1.29 is 9.90 Å². The Hall–Kier alpha value is -3.07. The normalized spacial score (nSPS) is 16.1. The summed E-state index contributed by atoms with van der Waals surface area (Å²) in [7, 11) is 1.69. The fourth-order valence-electron chi connectivity index (χ4n) is 4.67. The first-order chi connectivity index (χ1) is 15.8. The van der Waals surface area contributed by atoms with Gasteiger partial charge in [-0.1, -0.05) is 23.7 Å². The van der Waals surface area contributed by atoms with Crippen LogP contribution in [0.4, 0.5) is 5.95 Å². The fourth-order valence-corrected chi connectivity index (χ4v) is 4.88. The quantitative estimate of drug-likeness (QED) is 0.442. The monoisotopic (exact) mass is 501 g/mol. The molecule has 8 nitrogen and oxygen atoms in total. The molecule has 0 aliphatic carbocycles. The van der Waals surface area contributed by atoms with Crippen LogP contribution in [0.5, 0.6) is 0 Å². The highest BCUT2D eigenvalue weighted by Gasteiger charge is 2.26. The number of halogens is 2. The van der Waals surface area contributed by atoms with E-state index in [9.17, 15) is 14.7 Å². The highest BCUT2D eigenvalue weighted by molar-refractivity contribution is 6.30. The summed E-state index contributed by atoms with van der Waals surface area (Å²) in [5, 5.41) is 10.8. The number of nitrogens with two attached hydrogens (primary N) is 1. The average molecular weight is 502 g/mol. The largest absolute Gasteiger partial charge is 0.478 e. The van der Waals surface area contributed by atoms with Crippen LogP contribution in [-0.2, 0) is 13.6 Å². The highest BCUT2D eigenvalue weighted by atomic mass is 35.5. The number of aromatic nitrogens is 3. The Morgan fingerprint density at radius 2 is 2.06 bits per heavy atom. The number of piperidine rings is 1. The van der Waals surface area contributed by atoms with Gasteiger partial charge >= 0.3 is 5.97 Å². The van der Waals surface area contributed by atoms with Crippen molar-refractivity contribution in [3.05, 3.63) is 69.0 Å². The Balaban J connectivity index is 0.00000274. The molecule has 0 amide bonds. The second-order valence-corrected chi connectivity index (χ2v) is 9.01. The zero-order valence-electron chi connectivity index (χ0n) is 18.6. The number of anilines is 1. The molecule has 1 fully saturated rings. The smallest absolute Gasteiger partial charge is 0.335 e. The van der Waals surface area contributed by atoms with Crippen LogP contribution >= 0.6 is 24.0 Å².